The van der Waals surface area contributed by atoms with Gasteiger partial charge in [-0.1, -0.05) is 42.1 Å². The summed E-state index contributed by atoms with van der Waals surface area (Å²) in [4.78, 5) is 24.8. The summed E-state index contributed by atoms with van der Waals surface area (Å²) in [6.07, 6.45) is 2.03. The lowest BCUT2D eigenvalue weighted by Gasteiger charge is -2.18. The third kappa shape index (κ3) is 5.11. The number of aromatic amines is 1. The van der Waals surface area contributed by atoms with Crippen molar-refractivity contribution in [3.63, 3.8) is 0 Å². The number of hydrogen-bond acceptors (Lipinski definition) is 5. The summed E-state index contributed by atoms with van der Waals surface area (Å²) in [6, 6.07) is 18.1. The van der Waals surface area contributed by atoms with Gasteiger partial charge in [-0.25, -0.2) is 9.97 Å². The Morgan fingerprint density at radius 1 is 1.09 bits per heavy atom. The van der Waals surface area contributed by atoms with Gasteiger partial charge in [0.1, 0.15) is 5.75 Å². The van der Waals surface area contributed by atoms with Crippen molar-refractivity contribution in [1.29, 1.82) is 0 Å². The quantitative estimate of drug-likeness (QED) is 0.305. The maximum absolute atomic E-state index is 12.6. The highest BCUT2D eigenvalue weighted by Crippen LogP contribution is 2.31. The zero-order valence-electron chi connectivity index (χ0n) is 18.4. The highest BCUT2D eigenvalue weighted by molar-refractivity contribution is 7.99. The fourth-order valence-corrected chi connectivity index (χ4v) is 4.56. The molecule has 6 nitrogen and oxygen atoms in total. The van der Waals surface area contributed by atoms with Crippen molar-refractivity contribution < 1.29 is 9.53 Å². The number of para-hydroxylation sites is 1. The topological polar surface area (TPSA) is 79.9 Å². The first-order valence-corrected chi connectivity index (χ1v) is 11.4. The standard InChI is InChI=1S/C25H26N4O2S/c1-16-12-17(2)29-25(28-16)32-15-24(30)27-13-21(18-8-10-19(31-3)11-9-18)22-14-26-23-7-5-4-6-20(22)23/h4-12,14,21,26H,13,15H2,1-3H3,(H,27,30). The summed E-state index contributed by atoms with van der Waals surface area (Å²) < 4.78 is 5.31. The molecule has 2 aromatic carbocycles. The van der Waals surface area contributed by atoms with Crippen LogP contribution in [0.3, 0.4) is 0 Å². The third-order valence-electron chi connectivity index (χ3n) is 5.31. The molecule has 7 heteroatoms. The Bertz CT molecular complexity index is 1200. The number of benzene rings is 2. The van der Waals surface area contributed by atoms with E-state index in [9.17, 15) is 4.79 Å². The summed E-state index contributed by atoms with van der Waals surface area (Å²) in [5.41, 5.74) is 5.14. The molecule has 0 aliphatic heterocycles. The van der Waals surface area contributed by atoms with Crippen LogP contribution in [-0.2, 0) is 4.79 Å². The van der Waals surface area contributed by atoms with Gasteiger partial charge < -0.3 is 15.0 Å². The van der Waals surface area contributed by atoms with Crippen LogP contribution in [0.15, 0.2) is 66.0 Å². The molecule has 2 aromatic heterocycles. The van der Waals surface area contributed by atoms with Gasteiger partial charge in [0.15, 0.2) is 5.16 Å². The highest BCUT2D eigenvalue weighted by atomic mass is 32.2. The number of fused-ring (bicyclic) bond motifs is 1. The number of aromatic nitrogens is 3. The molecule has 0 saturated carbocycles. The molecule has 1 atom stereocenters. The number of rotatable bonds is 8. The maximum Gasteiger partial charge on any atom is 0.230 e. The molecule has 4 rings (SSSR count). The minimum atomic E-state index is -0.0453. The van der Waals surface area contributed by atoms with Crippen LogP contribution in [0.5, 0.6) is 5.75 Å². The first-order valence-electron chi connectivity index (χ1n) is 10.4. The van der Waals surface area contributed by atoms with Crippen molar-refractivity contribution in [2.45, 2.75) is 24.9 Å². The van der Waals surface area contributed by atoms with Gasteiger partial charge in [-0.05, 0) is 49.2 Å². The molecule has 164 valence electrons. The second-order valence-electron chi connectivity index (χ2n) is 7.64. The van der Waals surface area contributed by atoms with Crippen molar-refractivity contribution in [3.05, 3.63) is 83.3 Å². The number of hydrogen-bond donors (Lipinski definition) is 2. The number of methoxy groups -OCH3 is 1. The van der Waals surface area contributed by atoms with E-state index >= 15 is 0 Å². The molecule has 0 aliphatic carbocycles. The van der Waals surface area contributed by atoms with Crippen LogP contribution in [0, 0.1) is 13.8 Å². The van der Waals surface area contributed by atoms with Crippen LogP contribution >= 0.6 is 11.8 Å². The number of nitrogens with zero attached hydrogens (tertiary/aromatic N) is 2. The zero-order valence-corrected chi connectivity index (χ0v) is 19.2. The lowest BCUT2D eigenvalue weighted by atomic mass is 9.91. The molecule has 0 saturated heterocycles. The van der Waals surface area contributed by atoms with Crippen LogP contribution < -0.4 is 10.1 Å². The zero-order chi connectivity index (χ0) is 22.5. The average Bonchev–Trinajstić information content (AvgIpc) is 3.22. The smallest absolute Gasteiger partial charge is 0.230 e. The van der Waals surface area contributed by atoms with Gasteiger partial charge in [0, 0.05) is 41.0 Å². The normalized spacial score (nSPS) is 12.0. The lowest BCUT2D eigenvalue weighted by Crippen LogP contribution is -2.30. The fraction of sp³-hybridized carbons (Fsp3) is 0.240. The average molecular weight is 447 g/mol. The molecule has 32 heavy (non-hydrogen) atoms. The Morgan fingerprint density at radius 2 is 1.81 bits per heavy atom. The van der Waals surface area contributed by atoms with Gasteiger partial charge in [0.05, 0.1) is 12.9 Å². The third-order valence-corrected chi connectivity index (χ3v) is 6.16. The first kappa shape index (κ1) is 21.9. The fourth-order valence-electron chi connectivity index (χ4n) is 3.78. The molecule has 2 heterocycles. The summed E-state index contributed by atoms with van der Waals surface area (Å²) in [5, 5.41) is 4.88. The second-order valence-corrected chi connectivity index (χ2v) is 8.58. The van der Waals surface area contributed by atoms with E-state index in [1.807, 2.05) is 50.4 Å². The molecule has 0 radical (unpaired) electrons. The van der Waals surface area contributed by atoms with Crippen LogP contribution in [-0.4, -0.2) is 40.3 Å². The first-order chi connectivity index (χ1) is 15.5. The maximum atomic E-state index is 12.6. The minimum Gasteiger partial charge on any atom is -0.497 e. The van der Waals surface area contributed by atoms with Gasteiger partial charge in [0.25, 0.3) is 0 Å². The van der Waals surface area contributed by atoms with Crippen LogP contribution in [0.2, 0.25) is 0 Å². The van der Waals surface area contributed by atoms with Crippen LogP contribution in [0.4, 0.5) is 0 Å². The lowest BCUT2D eigenvalue weighted by molar-refractivity contribution is -0.118. The number of ether oxygens (including phenoxy) is 1. The number of carbonyl (C=O) groups is 1. The largest absolute Gasteiger partial charge is 0.497 e. The Balaban J connectivity index is 1.50. The Morgan fingerprint density at radius 3 is 2.53 bits per heavy atom. The summed E-state index contributed by atoms with van der Waals surface area (Å²) in [6.45, 7) is 4.35. The second kappa shape index (κ2) is 9.87. The molecular formula is C25H26N4O2S. The van der Waals surface area contributed by atoms with E-state index < -0.39 is 0 Å². The van der Waals surface area contributed by atoms with E-state index in [0.29, 0.717) is 11.7 Å². The van der Waals surface area contributed by atoms with Crippen LogP contribution in [0.25, 0.3) is 10.9 Å². The number of aryl methyl sites for hydroxylation is 2. The summed E-state index contributed by atoms with van der Waals surface area (Å²) in [7, 11) is 1.66. The van der Waals surface area contributed by atoms with E-state index in [1.54, 1.807) is 7.11 Å². The van der Waals surface area contributed by atoms with Gasteiger partial charge >= 0.3 is 0 Å². The van der Waals surface area contributed by atoms with Crippen molar-refractivity contribution in [2.24, 2.45) is 0 Å². The SMILES string of the molecule is COc1ccc(C(CNC(=O)CSc2nc(C)cc(C)n2)c2c[nH]c3ccccc23)cc1. The van der Waals surface area contributed by atoms with E-state index in [-0.39, 0.29) is 17.6 Å². The molecule has 0 bridgehead atoms. The van der Waals surface area contributed by atoms with Crippen molar-refractivity contribution in [1.82, 2.24) is 20.3 Å². The molecule has 1 amide bonds. The van der Waals surface area contributed by atoms with Crippen molar-refractivity contribution in [3.8, 4) is 5.75 Å². The molecule has 1 unspecified atom stereocenters. The molecule has 0 spiro atoms. The Kier molecular flexibility index (Phi) is 6.75. The van der Waals surface area contributed by atoms with Gasteiger partial charge in [0.2, 0.25) is 5.91 Å². The predicted molar refractivity (Wildman–Crippen MR) is 128 cm³/mol. The van der Waals surface area contributed by atoms with Crippen molar-refractivity contribution in [2.75, 3.05) is 19.4 Å². The van der Waals surface area contributed by atoms with E-state index in [1.165, 1.54) is 11.8 Å². The number of thioether (sulfide) groups is 1. The molecule has 0 aliphatic rings. The number of nitrogens with one attached hydrogen (secondary N) is 2. The molecule has 0 fully saturated rings. The Labute approximate surface area is 191 Å². The van der Waals surface area contributed by atoms with E-state index in [0.717, 1.165) is 39.2 Å². The molecular weight excluding hydrogens is 420 g/mol. The number of H-pyrrole nitrogens is 1. The number of amides is 1. The van der Waals surface area contributed by atoms with Gasteiger partial charge in [-0.3, -0.25) is 4.79 Å². The monoisotopic (exact) mass is 446 g/mol. The van der Waals surface area contributed by atoms with Gasteiger partial charge in [-0.2, -0.15) is 0 Å². The summed E-state index contributed by atoms with van der Waals surface area (Å²) >= 11 is 1.35. The Hall–Kier alpha value is -3.32. The van der Waals surface area contributed by atoms with Crippen molar-refractivity contribution >= 4 is 28.6 Å². The van der Waals surface area contributed by atoms with E-state index in [4.69, 9.17) is 4.74 Å². The molecule has 2 N–H and O–H groups in total. The minimum absolute atomic E-state index is 0.00321. The number of carbonyl (C=O) groups excluding carboxylic acids is 1. The summed E-state index contributed by atoms with van der Waals surface area (Å²) in [5.74, 6) is 1.03. The van der Waals surface area contributed by atoms with Crippen LogP contribution in [0.1, 0.15) is 28.4 Å². The predicted octanol–water partition coefficient (Wildman–Crippen LogP) is 4.62. The van der Waals surface area contributed by atoms with E-state index in [2.05, 4.69) is 44.5 Å². The highest BCUT2D eigenvalue weighted by Gasteiger charge is 2.19. The molecule has 4 aromatic rings. The van der Waals surface area contributed by atoms with Gasteiger partial charge in [-0.15, -0.1) is 0 Å².